The number of guanidine groups is 1. The number of nitrogens with one attached hydrogen (secondary N) is 2. The number of hydrogen-bond acceptors (Lipinski definition) is 1. The van der Waals surface area contributed by atoms with E-state index in [1.54, 1.807) is 0 Å². The molecule has 3 nitrogen and oxygen atoms in total. The molecule has 2 aromatic rings. The van der Waals surface area contributed by atoms with Crippen molar-refractivity contribution in [1.29, 1.82) is 0 Å². The van der Waals surface area contributed by atoms with Gasteiger partial charge in [-0.3, -0.25) is 0 Å². The first-order valence-corrected chi connectivity index (χ1v) is 10.5. The predicted octanol–water partition coefficient (Wildman–Crippen LogP) is 5.67. The van der Waals surface area contributed by atoms with Crippen molar-refractivity contribution in [2.45, 2.75) is 76.3 Å². The molecule has 0 aliphatic heterocycles. The van der Waals surface area contributed by atoms with Crippen molar-refractivity contribution in [1.82, 2.24) is 10.6 Å². The van der Waals surface area contributed by atoms with Crippen molar-refractivity contribution in [2.24, 2.45) is 4.99 Å². The van der Waals surface area contributed by atoms with E-state index in [9.17, 15) is 0 Å². The summed E-state index contributed by atoms with van der Waals surface area (Å²) in [4.78, 5) is 5.07. The van der Waals surface area contributed by atoms with Gasteiger partial charge in [0.25, 0.3) is 0 Å². The molecule has 138 valence electrons. The van der Waals surface area contributed by atoms with E-state index >= 15 is 0 Å². The van der Waals surface area contributed by atoms with E-state index in [1.807, 2.05) is 0 Å². The van der Waals surface area contributed by atoms with Gasteiger partial charge in [0.15, 0.2) is 5.96 Å². The highest BCUT2D eigenvalue weighted by Gasteiger charge is 2.19. The first kappa shape index (κ1) is 17.4. The van der Waals surface area contributed by atoms with Crippen LogP contribution in [0.5, 0.6) is 0 Å². The molecule has 0 atom stereocenters. The van der Waals surface area contributed by atoms with Crippen LogP contribution in [0, 0.1) is 0 Å². The molecule has 0 bridgehead atoms. The van der Waals surface area contributed by atoms with Gasteiger partial charge in [-0.05, 0) is 37.1 Å². The molecular formula is C23H31N3. The number of rotatable bonds is 3. The minimum absolute atomic E-state index is 0.563. The van der Waals surface area contributed by atoms with Crippen LogP contribution in [0.25, 0.3) is 10.8 Å². The molecular weight excluding hydrogens is 318 g/mol. The molecule has 0 saturated heterocycles. The van der Waals surface area contributed by atoms with Crippen LogP contribution in [0.4, 0.5) is 5.69 Å². The Bertz CT molecular complexity index is 713. The predicted molar refractivity (Wildman–Crippen MR) is 111 cm³/mol. The molecule has 3 heteroatoms. The average molecular weight is 350 g/mol. The highest BCUT2D eigenvalue weighted by molar-refractivity contribution is 5.95. The standard InChI is InChI=1S/C23H31N3/c1-3-12-19(13-4-1)24-23(25-20-14-5-2-6-15-20)26-22-17-9-11-18-10-7-8-16-21(18)22/h7-11,16-17,19-20H,1-6,12-15H2,(H2,24,25,26). The Labute approximate surface area is 157 Å². The lowest BCUT2D eigenvalue weighted by Gasteiger charge is -2.29. The van der Waals surface area contributed by atoms with Crippen molar-refractivity contribution in [3.8, 4) is 0 Å². The first-order valence-electron chi connectivity index (χ1n) is 10.5. The third-order valence-electron chi connectivity index (χ3n) is 5.89. The molecule has 0 aromatic heterocycles. The number of nitrogens with zero attached hydrogens (tertiary/aromatic N) is 1. The van der Waals surface area contributed by atoms with E-state index in [1.165, 1.54) is 75.0 Å². The fourth-order valence-electron chi connectivity index (χ4n) is 4.41. The van der Waals surface area contributed by atoms with Crippen molar-refractivity contribution < 1.29 is 0 Å². The van der Waals surface area contributed by atoms with Gasteiger partial charge in [0.1, 0.15) is 0 Å². The van der Waals surface area contributed by atoms with E-state index in [0.717, 1.165) is 11.6 Å². The van der Waals surface area contributed by atoms with Crippen molar-refractivity contribution >= 4 is 22.4 Å². The molecule has 26 heavy (non-hydrogen) atoms. The van der Waals surface area contributed by atoms with Gasteiger partial charge < -0.3 is 10.6 Å². The fourth-order valence-corrected chi connectivity index (χ4v) is 4.41. The van der Waals surface area contributed by atoms with Gasteiger partial charge in [-0.2, -0.15) is 0 Å². The quantitative estimate of drug-likeness (QED) is 0.553. The zero-order valence-corrected chi connectivity index (χ0v) is 15.7. The molecule has 2 aromatic carbocycles. The first-order chi connectivity index (χ1) is 12.9. The molecule has 0 spiro atoms. The van der Waals surface area contributed by atoms with Crippen LogP contribution in [-0.4, -0.2) is 18.0 Å². The van der Waals surface area contributed by atoms with Gasteiger partial charge in [-0.15, -0.1) is 0 Å². The molecule has 2 aliphatic rings. The number of aliphatic imine (C=N–C) groups is 1. The van der Waals surface area contributed by atoms with E-state index in [-0.39, 0.29) is 0 Å². The molecule has 4 rings (SSSR count). The highest BCUT2D eigenvalue weighted by Crippen LogP contribution is 2.26. The van der Waals surface area contributed by atoms with E-state index < -0.39 is 0 Å². The number of benzene rings is 2. The maximum absolute atomic E-state index is 5.07. The maximum atomic E-state index is 5.07. The summed E-state index contributed by atoms with van der Waals surface area (Å²) >= 11 is 0. The summed E-state index contributed by atoms with van der Waals surface area (Å²) in [5.41, 5.74) is 1.06. The zero-order chi connectivity index (χ0) is 17.6. The van der Waals surface area contributed by atoms with Crippen LogP contribution in [0.15, 0.2) is 47.5 Å². The normalized spacial score (nSPS) is 19.2. The van der Waals surface area contributed by atoms with Gasteiger partial charge in [-0.25, -0.2) is 4.99 Å². The molecule has 2 fully saturated rings. The molecule has 2 aliphatic carbocycles. The Morgan fingerprint density at radius 2 is 1.27 bits per heavy atom. The fraction of sp³-hybridized carbons (Fsp3) is 0.522. The van der Waals surface area contributed by atoms with Crippen LogP contribution in [0.1, 0.15) is 64.2 Å². The van der Waals surface area contributed by atoms with E-state index in [0.29, 0.717) is 12.1 Å². The second-order valence-corrected chi connectivity index (χ2v) is 7.92. The van der Waals surface area contributed by atoms with Gasteiger partial charge in [0, 0.05) is 17.5 Å². The third kappa shape index (κ3) is 4.38. The summed E-state index contributed by atoms with van der Waals surface area (Å²) in [5.74, 6) is 0.986. The minimum Gasteiger partial charge on any atom is -0.353 e. The van der Waals surface area contributed by atoms with Gasteiger partial charge in [0.2, 0.25) is 0 Å². The summed E-state index contributed by atoms with van der Waals surface area (Å²) < 4.78 is 0. The average Bonchev–Trinajstić information content (AvgIpc) is 2.70. The summed E-state index contributed by atoms with van der Waals surface area (Å²) in [6, 6.07) is 16.1. The third-order valence-corrected chi connectivity index (χ3v) is 5.89. The van der Waals surface area contributed by atoms with Crippen molar-refractivity contribution in [3.05, 3.63) is 42.5 Å². The second kappa shape index (κ2) is 8.57. The molecule has 2 N–H and O–H groups in total. The zero-order valence-electron chi connectivity index (χ0n) is 15.7. The Kier molecular flexibility index (Phi) is 5.73. The Morgan fingerprint density at radius 1 is 0.692 bits per heavy atom. The highest BCUT2D eigenvalue weighted by atomic mass is 15.2. The van der Waals surface area contributed by atoms with Crippen molar-refractivity contribution in [2.75, 3.05) is 0 Å². The van der Waals surface area contributed by atoms with Crippen molar-refractivity contribution in [3.63, 3.8) is 0 Å². The van der Waals surface area contributed by atoms with Crippen LogP contribution in [0.2, 0.25) is 0 Å². The second-order valence-electron chi connectivity index (χ2n) is 7.92. The SMILES string of the molecule is c1ccc2c(N=C(NC3CCCCC3)NC3CCCCC3)cccc2c1. The maximum Gasteiger partial charge on any atom is 0.196 e. The monoisotopic (exact) mass is 349 g/mol. The summed E-state index contributed by atoms with van der Waals surface area (Å²) in [6.07, 6.45) is 13.2. The molecule has 0 amide bonds. The topological polar surface area (TPSA) is 36.4 Å². The van der Waals surface area contributed by atoms with E-state index in [2.05, 4.69) is 53.1 Å². The summed E-state index contributed by atoms with van der Waals surface area (Å²) in [5, 5.41) is 9.99. The smallest absolute Gasteiger partial charge is 0.196 e. The molecule has 0 radical (unpaired) electrons. The number of hydrogen-bond donors (Lipinski definition) is 2. The minimum atomic E-state index is 0.563. The lowest BCUT2D eigenvalue weighted by Crippen LogP contribution is -2.48. The molecule has 2 saturated carbocycles. The Hall–Kier alpha value is -2.03. The van der Waals surface area contributed by atoms with Crippen LogP contribution in [0.3, 0.4) is 0 Å². The van der Waals surface area contributed by atoms with Crippen LogP contribution < -0.4 is 10.6 Å². The summed E-state index contributed by atoms with van der Waals surface area (Å²) in [6.45, 7) is 0. The lowest BCUT2D eigenvalue weighted by atomic mass is 9.95. The van der Waals surface area contributed by atoms with Gasteiger partial charge in [-0.1, -0.05) is 74.9 Å². The molecule has 0 heterocycles. The molecule has 0 unspecified atom stereocenters. The Morgan fingerprint density at radius 3 is 1.92 bits per heavy atom. The van der Waals surface area contributed by atoms with Gasteiger partial charge in [0.05, 0.1) is 5.69 Å². The number of fused-ring (bicyclic) bond motifs is 1. The van der Waals surface area contributed by atoms with Gasteiger partial charge >= 0.3 is 0 Å². The largest absolute Gasteiger partial charge is 0.353 e. The van der Waals surface area contributed by atoms with Crippen LogP contribution in [-0.2, 0) is 0 Å². The van der Waals surface area contributed by atoms with Crippen LogP contribution >= 0.6 is 0 Å². The lowest BCUT2D eigenvalue weighted by molar-refractivity contribution is 0.389. The van der Waals surface area contributed by atoms with E-state index in [4.69, 9.17) is 4.99 Å². The Balaban J connectivity index is 1.60. The summed E-state index contributed by atoms with van der Waals surface area (Å²) in [7, 11) is 0.